The summed E-state index contributed by atoms with van der Waals surface area (Å²) in [7, 11) is 0. The summed E-state index contributed by atoms with van der Waals surface area (Å²) < 4.78 is 12.1. The van der Waals surface area contributed by atoms with Crippen LogP contribution in [0.1, 0.15) is 66.2 Å². The zero-order chi connectivity index (χ0) is 19.2. The van der Waals surface area contributed by atoms with Crippen molar-refractivity contribution in [1.82, 2.24) is 0 Å². The molecule has 4 nitrogen and oxygen atoms in total. The van der Waals surface area contributed by atoms with Crippen LogP contribution in [0.5, 0.6) is 0 Å². The number of allylic oxidation sites excluding steroid dienone is 5. The lowest BCUT2D eigenvalue weighted by Gasteiger charge is -2.46. The van der Waals surface area contributed by atoms with Crippen molar-refractivity contribution in [3.8, 4) is 0 Å². The van der Waals surface area contributed by atoms with Gasteiger partial charge in [0.05, 0.1) is 12.7 Å². The van der Waals surface area contributed by atoms with Crippen molar-refractivity contribution in [2.75, 3.05) is 6.61 Å². The number of Topliss-reactive ketones (excluding diaryl/α,β-unsaturated/α-hetero) is 1. The van der Waals surface area contributed by atoms with Gasteiger partial charge in [0, 0.05) is 18.3 Å². The van der Waals surface area contributed by atoms with Crippen molar-refractivity contribution in [2.45, 2.75) is 78.1 Å². The summed E-state index contributed by atoms with van der Waals surface area (Å²) in [5, 5.41) is 0. The SMILES string of the molecule is C/C1=C(\C=O)CCC(=O)CC/C=C/C=C/[C@]2(C)COC(C)(C)O[C@@H]2CC1. The fourth-order valence-corrected chi connectivity index (χ4v) is 3.45. The number of rotatable bonds is 1. The Morgan fingerprint density at radius 2 is 1.88 bits per heavy atom. The van der Waals surface area contributed by atoms with Crippen molar-refractivity contribution >= 4 is 12.1 Å². The Morgan fingerprint density at radius 3 is 2.62 bits per heavy atom. The van der Waals surface area contributed by atoms with Crippen LogP contribution < -0.4 is 0 Å². The highest BCUT2D eigenvalue weighted by molar-refractivity contribution is 5.81. The summed E-state index contributed by atoms with van der Waals surface area (Å²) in [5.74, 6) is -0.395. The van der Waals surface area contributed by atoms with E-state index in [-0.39, 0.29) is 17.3 Å². The van der Waals surface area contributed by atoms with Crippen molar-refractivity contribution in [2.24, 2.45) is 5.41 Å². The van der Waals surface area contributed by atoms with Crippen LogP contribution in [0.2, 0.25) is 0 Å². The molecule has 0 spiro atoms. The Morgan fingerprint density at radius 1 is 1.12 bits per heavy atom. The van der Waals surface area contributed by atoms with Gasteiger partial charge in [-0.25, -0.2) is 0 Å². The van der Waals surface area contributed by atoms with E-state index >= 15 is 0 Å². The maximum atomic E-state index is 12.0. The standard InChI is InChI=1S/C22H32O4/c1-17-10-13-20-22(4,16-25-21(2,3)26-20)14-8-6-5-7-9-19(24)12-11-18(17)15-23/h5-6,8,14-15,20H,7,9-13,16H2,1-4H3/b6-5+,14-8+,18-17+/t20-,22-/m1/s1. The van der Waals surface area contributed by atoms with E-state index in [4.69, 9.17) is 9.47 Å². The lowest BCUT2D eigenvalue weighted by atomic mass is 9.80. The molecule has 0 aromatic heterocycles. The minimum Gasteiger partial charge on any atom is -0.350 e. The maximum Gasteiger partial charge on any atom is 0.163 e. The van der Waals surface area contributed by atoms with Gasteiger partial charge in [-0.15, -0.1) is 0 Å². The zero-order valence-corrected chi connectivity index (χ0v) is 16.5. The zero-order valence-electron chi connectivity index (χ0n) is 16.5. The molecule has 1 aliphatic heterocycles. The molecular weight excluding hydrogens is 328 g/mol. The van der Waals surface area contributed by atoms with Crippen LogP contribution >= 0.6 is 0 Å². The average molecular weight is 360 g/mol. The van der Waals surface area contributed by atoms with Crippen LogP contribution in [0.4, 0.5) is 0 Å². The minimum absolute atomic E-state index is 0.00510. The summed E-state index contributed by atoms with van der Waals surface area (Å²) in [6.07, 6.45) is 12.9. The molecule has 0 radical (unpaired) electrons. The molecule has 144 valence electrons. The molecule has 2 atom stereocenters. The van der Waals surface area contributed by atoms with Crippen LogP contribution in [0.3, 0.4) is 0 Å². The smallest absolute Gasteiger partial charge is 0.163 e. The normalized spacial score (nSPS) is 36.3. The number of hydrogen-bond donors (Lipinski definition) is 0. The van der Waals surface area contributed by atoms with E-state index in [9.17, 15) is 9.59 Å². The first-order valence-corrected chi connectivity index (χ1v) is 9.57. The summed E-state index contributed by atoms with van der Waals surface area (Å²) >= 11 is 0. The fourth-order valence-electron chi connectivity index (χ4n) is 3.45. The van der Waals surface area contributed by atoms with E-state index in [0.717, 1.165) is 36.7 Å². The molecule has 2 rings (SSSR count). The molecule has 1 heterocycles. The molecule has 0 N–H and O–H groups in total. The predicted molar refractivity (Wildman–Crippen MR) is 103 cm³/mol. The van der Waals surface area contributed by atoms with Gasteiger partial charge < -0.3 is 9.47 Å². The second kappa shape index (κ2) is 8.92. The van der Waals surface area contributed by atoms with E-state index in [1.807, 2.05) is 39.0 Å². The van der Waals surface area contributed by atoms with Crippen molar-refractivity contribution in [3.63, 3.8) is 0 Å². The lowest BCUT2D eigenvalue weighted by Crippen LogP contribution is -2.50. The maximum absolute atomic E-state index is 12.0. The van der Waals surface area contributed by atoms with E-state index < -0.39 is 5.79 Å². The van der Waals surface area contributed by atoms with Gasteiger partial charge in [0.25, 0.3) is 0 Å². The van der Waals surface area contributed by atoms with Gasteiger partial charge in [0.1, 0.15) is 12.1 Å². The summed E-state index contributed by atoms with van der Waals surface area (Å²) in [6.45, 7) is 8.62. The Balaban J connectivity index is 2.27. The van der Waals surface area contributed by atoms with Crippen LogP contribution in [0.15, 0.2) is 35.5 Å². The fraction of sp³-hybridized carbons (Fsp3) is 0.636. The highest BCUT2D eigenvalue weighted by Crippen LogP contribution is 2.39. The highest BCUT2D eigenvalue weighted by Gasteiger charge is 2.42. The van der Waals surface area contributed by atoms with Crippen molar-refractivity contribution in [1.29, 1.82) is 0 Å². The topological polar surface area (TPSA) is 52.6 Å². The van der Waals surface area contributed by atoms with Gasteiger partial charge >= 0.3 is 0 Å². The molecule has 0 amide bonds. The number of carbonyl (C=O) groups is 2. The van der Waals surface area contributed by atoms with Gasteiger partial charge in [-0.1, -0.05) is 36.8 Å². The molecule has 1 fully saturated rings. The molecule has 0 bridgehead atoms. The molecular formula is C22H32O4. The second-order valence-electron chi connectivity index (χ2n) is 8.13. The number of fused-ring (bicyclic) bond motifs is 1. The third-order valence-electron chi connectivity index (χ3n) is 5.35. The average Bonchev–Trinajstić information content (AvgIpc) is 2.59. The molecule has 0 unspecified atom stereocenters. The number of hydrogen-bond acceptors (Lipinski definition) is 4. The molecule has 0 aromatic rings. The first kappa shape index (κ1) is 20.8. The Labute approximate surface area is 157 Å². The lowest BCUT2D eigenvalue weighted by molar-refractivity contribution is -0.307. The molecule has 1 aliphatic carbocycles. The van der Waals surface area contributed by atoms with Gasteiger partial charge in [-0.3, -0.25) is 9.59 Å². The van der Waals surface area contributed by atoms with Crippen LogP contribution in [0, 0.1) is 5.41 Å². The van der Waals surface area contributed by atoms with Gasteiger partial charge in [-0.2, -0.15) is 0 Å². The second-order valence-corrected chi connectivity index (χ2v) is 8.13. The quantitative estimate of drug-likeness (QED) is 0.636. The first-order chi connectivity index (χ1) is 12.3. The van der Waals surface area contributed by atoms with E-state index in [1.165, 1.54) is 0 Å². The van der Waals surface area contributed by atoms with E-state index in [0.29, 0.717) is 25.9 Å². The first-order valence-electron chi connectivity index (χ1n) is 9.57. The Hall–Kier alpha value is -1.52. The number of ketones is 1. The number of carbonyl (C=O) groups excluding carboxylic acids is 2. The van der Waals surface area contributed by atoms with E-state index in [2.05, 4.69) is 13.0 Å². The van der Waals surface area contributed by atoms with Gasteiger partial charge in [0.2, 0.25) is 0 Å². The monoisotopic (exact) mass is 360 g/mol. The van der Waals surface area contributed by atoms with Crippen molar-refractivity contribution in [3.05, 3.63) is 35.5 Å². The molecule has 2 aliphatic rings. The highest BCUT2D eigenvalue weighted by atomic mass is 16.7. The number of aldehydes is 1. The number of ether oxygens (including phenoxy) is 2. The Bertz CT molecular complexity index is 612. The third-order valence-corrected chi connectivity index (χ3v) is 5.35. The Kier molecular flexibility index (Phi) is 7.13. The largest absolute Gasteiger partial charge is 0.350 e. The summed E-state index contributed by atoms with van der Waals surface area (Å²) in [4.78, 5) is 23.5. The minimum atomic E-state index is -0.603. The van der Waals surface area contributed by atoms with Crippen LogP contribution in [-0.2, 0) is 19.1 Å². The van der Waals surface area contributed by atoms with E-state index in [1.54, 1.807) is 0 Å². The third kappa shape index (κ3) is 5.75. The van der Waals surface area contributed by atoms with Crippen LogP contribution in [0.25, 0.3) is 0 Å². The summed E-state index contributed by atoms with van der Waals surface area (Å²) in [6, 6.07) is 0. The van der Waals surface area contributed by atoms with Crippen LogP contribution in [-0.4, -0.2) is 30.6 Å². The molecule has 0 saturated carbocycles. The van der Waals surface area contributed by atoms with Gasteiger partial charge in [-0.05, 0) is 52.0 Å². The van der Waals surface area contributed by atoms with Crippen molar-refractivity contribution < 1.29 is 19.1 Å². The molecule has 26 heavy (non-hydrogen) atoms. The predicted octanol–water partition coefficient (Wildman–Crippen LogP) is 4.70. The molecule has 1 saturated heterocycles. The molecule has 4 heteroatoms. The van der Waals surface area contributed by atoms with Gasteiger partial charge in [0.15, 0.2) is 5.79 Å². The summed E-state index contributed by atoms with van der Waals surface area (Å²) in [5.41, 5.74) is 1.59. The molecule has 0 aromatic carbocycles.